The summed E-state index contributed by atoms with van der Waals surface area (Å²) in [7, 11) is 0. The van der Waals surface area contributed by atoms with Crippen LogP contribution in [0.5, 0.6) is 0 Å². The minimum Gasteiger partial charge on any atom is -0.396 e. The van der Waals surface area contributed by atoms with E-state index in [0.717, 1.165) is 32.5 Å². The van der Waals surface area contributed by atoms with Crippen LogP contribution in [0.15, 0.2) is 30.0 Å². The van der Waals surface area contributed by atoms with Gasteiger partial charge in [-0.05, 0) is 42.9 Å². The monoisotopic (exact) mass is 431 g/mol. The maximum absolute atomic E-state index is 13.5. The van der Waals surface area contributed by atoms with Crippen LogP contribution in [0, 0.1) is 11.7 Å². The Morgan fingerprint density at radius 1 is 1.03 bits per heavy atom. The summed E-state index contributed by atoms with van der Waals surface area (Å²) in [5.74, 6) is -0.915. The second-order valence-electron chi connectivity index (χ2n) is 8.44. The Kier molecular flexibility index (Phi) is 6.99. The van der Waals surface area contributed by atoms with E-state index < -0.39 is 0 Å². The minimum atomic E-state index is -0.386. The molecule has 1 N–H and O–H groups in total. The van der Waals surface area contributed by atoms with Gasteiger partial charge in [0.05, 0.1) is 18.8 Å². The fourth-order valence-electron chi connectivity index (χ4n) is 4.63. The van der Waals surface area contributed by atoms with Crippen LogP contribution in [0.25, 0.3) is 5.57 Å². The number of halogens is 1. The minimum absolute atomic E-state index is 0.0566. The molecule has 1 aromatic carbocycles. The second kappa shape index (κ2) is 9.89. The van der Waals surface area contributed by atoms with Gasteiger partial charge >= 0.3 is 0 Å². The first kappa shape index (κ1) is 21.9. The molecule has 2 amide bonds. The molecule has 7 nitrogen and oxygen atoms in total. The highest BCUT2D eigenvalue weighted by Gasteiger charge is 2.42. The second-order valence-corrected chi connectivity index (χ2v) is 8.44. The number of aliphatic hydroxyl groups excluding tert-OH is 1. The average molecular weight is 432 g/mol. The van der Waals surface area contributed by atoms with E-state index in [-0.39, 0.29) is 30.2 Å². The summed E-state index contributed by atoms with van der Waals surface area (Å²) in [5.41, 5.74) is 1.28. The lowest BCUT2D eigenvalue weighted by atomic mass is 9.97. The Bertz CT molecular complexity index is 836. The number of piperidine rings is 1. The van der Waals surface area contributed by atoms with E-state index in [0.29, 0.717) is 56.1 Å². The lowest BCUT2D eigenvalue weighted by Crippen LogP contribution is -2.42. The van der Waals surface area contributed by atoms with Crippen molar-refractivity contribution < 1.29 is 23.8 Å². The fraction of sp³-hybridized carbons (Fsp3) is 0.565. The number of aliphatic hydroxyl groups is 1. The molecule has 168 valence electrons. The van der Waals surface area contributed by atoms with Crippen LogP contribution in [0.2, 0.25) is 0 Å². The van der Waals surface area contributed by atoms with Gasteiger partial charge in [-0.2, -0.15) is 0 Å². The van der Waals surface area contributed by atoms with Gasteiger partial charge in [-0.3, -0.25) is 19.4 Å². The summed E-state index contributed by atoms with van der Waals surface area (Å²) in [6.07, 6.45) is 2.45. The molecular weight excluding hydrogens is 401 g/mol. The third-order valence-electron chi connectivity index (χ3n) is 6.33. The maximum atomic E-state index is 13.5. The summed E-state index contributed by atoms with van der Waals surface area (Å²) in [6, 6.07) is 5.73. The predicted molar refractivity (Wildman–Crippen MR) is 113 cm³/mol. The molecule has 8 heteroatoms. The summed E-state index contributed by atoms with van der Waals surface area (Å²) in [6.45, 7) is 5.56. The van der Waals surface area contributed by atoms with Gasteiger partial charge in [0.2, 0.25) is 0 Å². The Hall–Kier alpha value is -2.29. The Labute approximate surface area is 182 Å². The van der Waals surface area contributed by atoms with E-state index in [1.165, 1.54) is 17.0 Å². The van der Waals surface area contributed by atoms with Crippen LogP contribution < -0.4 is 0 Å². The van der Waals surface area contributed by atoms with Crippen molar-refractivity contribution in [3.63, 3.8) is 0 Å². The van der Waals surface area contributed by atoms with Crippen molar-refractivity contribution in [1.82, 2.24) is 14.7 Å². The zero-order valence-corrected chi connectivity index (χ0v) is 17.8. The molecule has 1 aromatic rings. The molecule has 1 unspecified atom stereocenters. The lowest BCUT2D eigenvalue weighted by Gasteiger charge is -2.34. The number of hydrogen-bond acceptors (Lipinski definition) is 6. The SMILES string of the molecule is O=C1C(c2ccc(F)cc2)=C(N2CCCC(CO)C2)C(=O)N1CCCN1CCOCC1. The van der Waals surface area contributed by atoms with Crippen molar-refractivity contribution >= 4 is 17.4 Å². The van der Waals surface area contributed by atoms with E-state index in [9.17, 15) is 19.1 Å². The number of amides is 2. The van der Waals surface area contributed by atoms with E-state index in [1.54, 1.807) is 12.1 Å². The molecule has 0 spiro atoms. The van der Waals surface area contributed by atoms with Crippen molar-refractivity contribution in [2.24, 2.45) is 5.92 Å². The van der Waals surface area contributed by atoms with Crippen LogP contribution in [0.4, 0.5) is 4.39 Å². The molecule has 0 radical (unpaired) electrons. The largest absolute Gasteiger partial charge is 0.396 e. The molecule has 3 aliphatic rings. The first-order chi connectivity index (χ1) is 15.1. The Balaban J connectivity index is 1.55. The van der Waals surface area contributed by atoms with Gasteiger partial charge in [-0.1, -0.05) is 12.1 Å². The van der Waals surface area contributed by atoms with Crippen molar-refractivity contribution in [2.45, 2.75) is 19.3 Å². The Morgan fingerprint density at radius 3 is 2.48 bits per heavy atom. The maximum Gasteiger partial charge on any atom is 0.277 e. The van der Waals surface area contributed by atoms with Gasteiger partial charge in [0, 0.05) is 45.9 Å². The first-order valence-corrected chi connectivity index (χ1v) is 11.1. The molecule has 0 aromatic heterocycles. The standard InChI is InChI=1S/C23H30FN3O4/c24-19-6-4-18(5-7-19)20-21(26-9-1-3-17(15-26)16-28)23(30)27(22(20)29)10-2-8-25-11-13-31-14-12-25/h4-7,17,28H,1-3,8-16H2. The van der Waals surface area contributed by atoms with Crippen LogP contribution in [0.3, 0.4) is 0 Å². The summed E-state index contributed by atoms with van der Waals surface area (Å²) >= 11 is 0. The van der Waals surface area contributed by atoms with Crippen molar-refractivity contribution in [2.75, 3.05) is 59.1 Å². The molecule has 2 fully saturated rings. The van der Waals surface area contributed by atoms with Crippen molar-refractivity contribution in [3.8, 4) is 0 Å². The number of rotatable bonds is 7. The van der Waals surface area contributed by atoms with Gasteiger partial charge in [0.1, 0.15) is 11.5 Å². The fourth-order valence-corrected chi connectivity index (χ4v) is 4.63. The van der Waals surface area contributed by atoms with Crippen molar-refractivity contribution in [3.05, 3.63) is 41.3 Å². The number of likely N-dealkylation sites (tertiary alicyclic amines) is 1. The number of morpholine rings is 1. The van der Waals surface area contributed by atoms with Gasteiger partial charge < -0.3 is 14.7 Å². The van der Waals surface area contributed by atoms with Crippen LogP contribution in [0.1, 0.15) is 24.8 Å². The molecule has 0 bridgehead atoms. The van der Waals surface area contributed by atoms with E-state index >= 15 is 0 Å². The number of carbonyl (C=O) groups excluding carboxylic acids is 2. The zero-order valence-electron chi connectivity index (χ0n) is 17.8. The van der Waals surface area contributed by atoms with Crippen LogP contribution in [-0.4, -0.2) is 90.7 Å². The number of benzene rings is 1. The highest BCUT2D eigenvalue weighted by Crippen LogP contribution is 2.34. The summed E-state index contributed by atoms with van der Waals surface area (Å²) < 4.78 is 18.9. The molecule has 4 rings (SSSR count). The van der Waals surface area contributed by atoms with Crippen LogP contribution >= 0.6 is 0 Å². The quantitative estimate of drug-likeness (QED) is 0.657. The molecule has 3 heterocycles. The van der Waals surface area contributed by atoms with Crippen LogP contribution in [-0.2, 0) is 14.3 Å². The number of hydrogen-bond donors (Lipinski definition) is 1. The first-order valence-electron chi connectivity index (χ1n) is 11.1. The topological polar surface area (TPSA) is 73.3 Å². The molecule has 3 aliphatic heterocycles. The van der Waals surface area contributed by atoms with Gasteiger partial charge in [-0.15, -0.1) is 0 Å². The number of ether oxygens (including phenoxy) is 1. The molecule has 0 aliphatic carbocycles. The molecule has 0 saturated carbocycles. The average Bonchev–Trinajstić information content (AvgIpc) is 3.05. The number of carbonyl (C=O) groups is 2. The summed E-state index contributed by atoms with van der Waals surface area (Å²) in [4.78, 5) is 32.3. The lowest BCUT2D eigenvalue weighted by molar-refractivity contribution is -0.137. The highest BCUT2D eigenvalue weighted by atomic mass is 19.1. The molecule has 1 atom stereocenters. The number of nitrogens with zero attached hydrogens (tertiary/aromatic N) is 3. The van der Waals surface area contributed by atoms with Crippen molar-refractivity contribution in [1.29, 1.82) is 0 Å². The van der Waals surface area contributed by atoms with Gasteiger partial charge in [-0.25, -0.2) is 4.39 Å². The third-order valence-corrected chi connectivity index (χ3v) is 6.33. The number of imide groups is 1. The normalized spacial score (nSPS) is 23.2. The van der Waals surface area contributed by atoms with Gasteiger partial charge in [0.15, 0.2) is 0 Å². The zero-order chi connectivity index (χ0) is 21.8. The molecule has 2 saturated heterocycles. The molecular formula is C23H30FN3O4. The highest BCUT2D eigenvalue weighted by molar-refractivity contribution is 6.35. The third kappa shape index (κ3) is 4.81. The Morgan fingerprint density at radius 2 is 1.77 bits per heavy atom. The van der Waals surface area contributed by atoms with Gasteiger partial charge in [0.25, 0.3) is 11.8 Å². The predicted octanol–water partition coefficient (Wildman–Crippen LogP) is 1.33. The van der Waals surface area contributed by atoms with E-state index in [4.69, 9.17) is 4.74 Å². The summed E-state index contributed by atoms with van der Waals surface area (Å²) in [5, 5.41) is 9.61. The molecule has 31 heavy (non-hydrogen) atoms. The smallest absolute Gasteiger partial charge is 0.277 e. The van der Waals surface area contributed by atoms with E-state index in [2.05, 4.69) is 4.90 Å². The van der Waals surface area contributed by atoms with E-state index in [1.807, 2.05) is 4.90 Å².